The molecular weight excluding hydrogens is 278 g/mol. The summed E-state index contributed by atoms with van der Waals surface area (Å²) < 4.78 is 2.59. The molecular formula is C12H11N5S2. The fourth-order valence-corrected chi connectivity index (χ4v) is 2.77. The molecule has 0 aliphatic heterocycles. The van der Waals surface area contributed by atoms with Crippen molar-refractivity contribution in [2.75, 3.05) is 0 Å². The molecule has 0 aliphatic rings. The summed E-state index contributed by atoms with van der Waals surface area (Å²) in [5.41, 5.74) is 3.87. The number of nitrogens with zero attached hydrogens (tertiary/aromatic N) is 4. The average molecular weight is 289 g/mol. The van der Waals surface area contributed by atoms with Gasteiger partial charge in [0.05, 0.1) is 17.7 Å². The van der Waals surface area contributed by atoms with Gasteiger partial charge in [0.1, 0.15) is 0 Å². The highest BCUT2D eigenvalue weighted by Gasteiger charge is 2.11. The summed E-state index contributed by atoms with van der Waals surface area (Å²) in [6.45, 7) is 2.69. The summed E-state index contributed by atoms with van der Waals surface area (Å²) in [6.07, 6.45) is 3.49. The third-order valence-electron chi connectivity index (χ3n) is 2.84. The van der Waals surface area contributed by atoms with E-state index >= 15 is 0 Å². The Bertz CT molecular complexity index is 741. The van der Waals surface area contributed by atoms with Crippen LogP contribution in [0.4, 0.5) is 0 Å². The van der Waals surface area contributed by atoms with Gasteiger partial charge in [-0.25, -0.2) is 4.98 Å². The van der Waals surface area contributed by atoms with Crippen LogP contribution < -0.4 is 0 Å². The van der Waals surface area contributed by atoms with E-state index in [4.69, 9.17) is 12.2 Å². The first-order chi connectivity index (χ1) is 9.25. The van der Waals surface area contributed by atoms with Gasteiger partial charge in [-0.3, -0.25) is 14.6 Å². The van der Waals surface area contributed by atoms with Crippen molar-refractivity contribution >= 4 is 23.6 Å². The smallest absolute Gasteiger partial charge is 0.195 e. The highest BCUT2D eigenvalue weighted by molar-refractivity contribution is 7.71. The summed E-state index contributed by atoms with van der Waals surface area (Å²) in [4.78, 5) is 9.46. The first-order valence-electron chi connectivity index (χ1n) is 5.70. The molecule has 3 heterocycles. The lowest BCUT2D eigenvalue weighted by Crippen LogP contribution is -2.02. The summed E-state index contributed by atoms with van der Waals surface area (Å²) in [6, 6.07) is 3.84. The van der Waals surface area contributed by atoms with Gasteiger partial charge in [-0.15, -0.1) is 11.3 Å². The number of aryl methyl sites for hydroxylation is 1. The van der Waals surface area contributed by atoms with Gasteiger partial charge >= 0.3 is 0 Å². The lowest BCUT2D eigenvalue weighted by Gasteiger charge is -2.05. The highest BCUT2D eigenvalue weighted by atomic mass is 32.1. The SMILES string of the molecule is Cc1ncsc1Cn1c(-c2ccncc2)n[nH]c1=S. The molecule has 0 aromatic carbocycles. The second kappa shape index (κ2) is 5.02. The van der Waals surface area contributed by atoms with E-state index in [1.54, 1.807) is 23.7 Å². The van der Waals surface area contributed by atoms with Crippen molar-refractivity contribution in [1.82, 2.24) is 24.7 Å². The Balaban J connectivity index is 2.05. The van der Waals surface area contributed by atoms with Gasteiger partial charge in [-0.05, 0) is 31.3 Å². The Morgan fingerprint density at radius 2 is 2.16 bits per heavy atom. The van der Waals surface area contributed by atoms with Crippen LogP contribution in [0.15, 0.2) is 30.0 Å². The van der Waals surface area contributed by atoms with E-state index in [1.165, 1.54) is 4.88 Å². The molecule has 1 N–H and O–H groups in total. The maximum absolute atomic E-state index is 5.30. The van der Waals surface area contributed by atoms with Gasteiger partial charge in [-0.1, -0.05) is 0 Å². The molecule has 0 spiro atoms. The quantitative estimate of drug-likeness (QED) is 0.753. The van der Waals surface area contributed by atoms with Crippen LogP contribution >= 0.6 is 23.6 Å². The van der Waals surface area contributed by atoms with Gasteiger partial charge in [0.15, 0.2) is 10.6 Å². The predicted octanol–water partition coefficient (Wildman–Crippen LogP) is 2.82. The number of hydrogen-bond donors (Lipinski definition) is 1. The maximum Gasteiger partial charge on any atom is 0.195 e. The third-order valence-corrected chi connectivity index (χ3v) is 4.07. The highest BCUT2D eigenvalue weighted by Crippen LogP contribution is 2.20. The Morgan fingerprint density at radius 1 is 1.37 bits per heavy atom. The fourth-order valence-electron chi connectivity index (χ4n) is 1.81. The van der Waals surface area contributed by atoms with Crippen LogP contribution in [-0.2, 0) is 6.54 Å². The molecule has 0 fully saturated rings. The van der Waals surface area contributed by atoms with Crippen molar-refractivity contribution in [3.05, 3.63) is 45.4 Å². The second-order valence-corrected chi connectivity index (χ2v) is 5.36. The van der Waals surface area contributed by atoms with E-state index in [2.05, 4.69) is 20.2 Å². The lowest BCUT2D eigenvalue weighted by molar-refractivity contribution is 0.795. The van der Waals surface area contributed by atoms with Crippen molar-refractivity contribution in [2.45, 2.75) is 13.5 Å². The van der Waals surface area contributed by atoms with Crippen molar-refractivity contribution in [3.63, 3.8) is 0 Å². The van der Waals surface area contributed by atoms with Gasteiger partial charge < -0.3 is 0 Å². The molecule has 0 atom stereocenters. The number of nitrogens with one attached hydrogen (secondary N) is 1. The Labute approximate surface area is 119 Å². The minimum Gasteiger partial charge on any atom is -0.295 e. The molecule has 0 unspecified atom stereocenters. The van der Waals surface area contributed by atoms with E-state index in [0.717, 1.165) is 17.1 Å². The van der Waals surface area contributed by atoms with Crippen LogP contribution in [0.2, 0.25) is 0 Å². The molecule has 3 aromatic heterocycles. The molecule has 19 heavy (non-hydrogen) atoms. The molecule has 5 nitrogen and oxygen atoms in total. The Morgan fingerprint density at radius 3 is 2.84 bits per heavy atom. The van der Waals surface area contributed by atoms with E-state index in [-0.39, 0.29) is 0 Å². The number of H-pyrrole nitrogens is 1. The average Bonchev–Trinajstić information content (AvgIpc) is 2.99. The molecule has 0 saturated carbocycles. The maximum atomic E-state index is 5.30. The number of pyridine rings is 1. The van der Waals surface area contributed by atoms with Crippen LogP contribution in [0.3, 0.4) is 0 Å². The molecule has 0 amide bonds. The summed E-state index contributed by atoms with van der Waals surface area (Å²) in [7, 11) is 0. The van der Waals surface area contributed by atoms with E-state index in [1.807, 2.05) is 29.1 Å². The van der Waals surface area contributed by atoms with E-state index < -0.39 is 0 Å². The van der Waals surface area contributed by atoms with Gasteiger partial charge in [-0.2, -0.15) is 5.10 Å². The number of rotatable bonds is 3. The van der Waals surface area contributed by atoms with E-state index in [9.17, 15) is 0 Å². The van der Waals surface area contributed by atoms with Crippen LogP contribution in [0.1, 0.15) is 10.6 Å². The van der Waals surface area contributed by atoms with Crippen LogP contribution in [0.25, 0.3) is 11.4 Å². The predicted molar refractivity (Wildman–Crippen MR) is 76.6 cm³/mol. The van der Waals surface area contributed by atoms with E-state index in [0.29, 0.717) is 11.3 Å². The zero-order valence-corrected chi connectivity index (χ0v) is 11.8. The normalized spacial score (nSPS) is 10.8. The van der Waals surface area contributed by atoms with Crippen molar-refractivity contribution in [3.8, 4) is 11.4 Å². The molecule has 96 valence electrons. The zero-order valence-electron chi connectivity index (χ0n) is 10.2. The minimum atomic E-state index is 0.611. The lowest BCUT2D eigenvalue weighted by atomic mass is 10.2. The monoisotopic (exact) mass is 289 g/mol. The standard InChI is InChI=1S/C12H11N5S2/c1-8-10(19-7-14-8)6-17-11(15-16-12(17)18)9-2-4-13-5-3-9/h2-5,7H,6H2,1H3,(H,16,18). The minimum absolute atomic E-state index is 0.611. The second-order valence-electron chi connectivity index (χ2n) is 4.04. The fraction of sp³-hybridized carbons (Fsp3) is 0.167. The molecule has 7 heteroatoms. The van der Waals surface area contributed by atoms with Gasteiger partial charge in [0, 0.05) is 22.8 Å². The molecule has 0 saturated heterocycles. The first-order valence-corrected chi connectivity index (χ1v) is 6.99. The molecule has 0 aliphatic carbocycles. The van der Waals surface area contributed by atoms with Gasteiger partial charge in [0.2, 0.25) is 0 Å². The third kappa shape index (κ3) is 2.34. The number of hydrogen-bond acceptors (Lipinski definition) is 5. The largest absolute Gasteiger partial charge is 0.295 e. The summed E-state index contributed by atoms with van der Waals surface area (Å²) in [5.74, 6) is 0.820. The van der Waals surface area contributed by atoms with Crippen molar-refractivity contribution in [2.24, 2.45) is 0 Å². The number of thiazole rings is 1. The summed E-state index contributed by atoms with van der Waals surface area (Å²) >= 11 is 6.93. The molecule has 3 aromatic rings. The first kappa shape index (κ1) is 12.2. The number of aromatic nitrogens is 5. The summed E-state index contributed by atoms with van der Waals surface area (Å²) in [5, 5.41) is 7.15. The van der Waals surface area contributed by atoms with Crippen LogP contribution in [0.5, 0.6) is 0 Å². The molecule has 3 rings (SSSR count). The Kier molecular flexibility index (Phi) is 3.22. The molecule has 0 bridgehead atoms. The topological polar surface area (TPSA) is 59.4 Å². The van der Waals surface area contributed by atoms with Crippen LogP contribution in [-0.4, -0.2) is 24.7 Å². The Hall–Kier alpha value is -1.86. The van der Waals surface area contributed by atoms with Gasteiger partial charge in [0.25, 0.3) is 0 Å². The zero-order chi connectivity index (χ0) is 13.2. The number of aromatic amines is 1. The van der Waals surface area contributed by atoms with Crippen molar-refractivity contribution < 1.29 is 0 Å². The van der Waals surface area contributed by atoms with Crippen LogP contribution in [0, 0.1) is 11.7 Å². The molecule has 0 radical (unpaired) electrons. The van der Waals surface area contributed by atoms with Crippen molar-refractivity contribution in [1.29, 1.82) is 0 Å².